The van der Waals surface area contributed by atoms with Gasteiger partial charge in [-0.05, 0) is 47.5 Å². The Morgan fingerprint density at radius 1 is 0.939 bits per heavy atom. The summed E-state index contributed by atoms with van der Waals surface area (Å²) in [5, 5.41) is 12.8. The summed E-state index contributed by atoms with van der Waals surface area (Å²) in [4.78, 5) is 12.1. The van der Waals surface area contributed by atoms with E-state index in [0.717, 1.165) is 11.1 Å². The van der Waals surface area contributed by atoms with Gasteiger partial charge in [-0.15, -0.1) is 0 Å². The largest absolute Gasteiger partial charge is 0.493 e. The predicted molar refractivity (Wildman–Crippen MR) is 124 cm³/mol. The maximum atomic E-state index is 12.1. The summed E-state index contributed by atoms with van der Waals surface area (Å²) >= 11 is 0. The molecule has 0 atom stereocenters. The van der Waals surface area contributed by atoms with Gasteiger partial charge in [0.15, 0.2) is 18.1 Å². The molecule has 1 amide bonds. The van der Waals surface area contributed by atoms with Crippen LogP contribution in [0.15, 0.2) is 65.8 Å². The molecule has 3 aromatic carbocycles. The van der Waals surface area contributed by atoms with Gasteiger partial charge in [0.1, 0.15) is 5.75 Å². The van der Waals surface area contributed by atoms with Crippen molar-refractivity contribution in [2.24, 2.45) is 5.10 Å². The van der Waals surface area contributed by atoms with Crippen LogP contribution >= 0.6 is 0 Å². The first-order chi connectivity index (χ1) is 16.1. The molecule has 0 aliphatic rings. The van der Waals surface area contributed by atoms with Crippen molar-refractivity contribution >= 4 is 12.1 Å². The van der Waals surface area contributed by atoms with Gasteiger partial charge >= 0.3 is 0 Å². The number of rotatable bonds is 9. The third kappa shape index (κ3) is 6.02. The number of carbonyl (C=O) groups is 1. The molecule has 0 spiro atoms. The zero-order chi connectivity index (χ0) is 23.6. The maximum absolute atomic E-state index is 12.1. The van der Waals surface area contributed by atoms with Crippen molar-refractivity contribution in [1.82, 2.24) is 5.43 Å². The van der Waals surface area contributed by atoms with Crippen LogP contribution in [0.4, 0.5) is 0 Å². The molecule has 3 aromatic rings. The number of amides is 1. The summed E-state index contributed by atoms with van der Waals surface area (Å²) in [5.74, 6) is 1.58. The van der Waals surface area contributed by atoms with E-state index in [0.29, 0.717) is 34.1 Å². The number of nitriles is 1. The summed E-state index contributed by atoms with van der Waals surface area (Å²) in [7, 11) is 4.57. The zero-order valence-electron chi connectivity index (χ0n) is 18.5. The minimum absolute atomic E-state index is 0.192. The third-order valence-corrected chi connectivity index (χ3v) is 4.66. The molecule has 1 N–H and O–H groups in total. The van der Waals surface area contributed by atoms with Crippen LogP contribution in [-0.4, -0.2) is 40.1 Å². The summed E-state index contributed by atoms with van der Waals surface area (Å²) < 4.78 is 21.4. The van der Waals surface area contributed by atoms with E-state index in [1.807, 2.05) is 24.3 Å². The Morgan fingerprint density at radius 3 is 2.03 bits per heavy atom. The molecule has 8 nitrogen and oxygen atoms in total. The second-order valence-corrected chi connectivity index (χ2v) is 6.75. The summed E-state index contributed by atoms with van der Waals surface area (Å²) in [6.07, 6.45) is 1.47. The minimum Gasteiger partial charge on any atom is -0.493 e. The van der Waals surface area contributed by atoms with Crippen molar-refractivity contribution in [1.29, 1.82) is 5.26 Å². The van der Waals surface area contributed by atoms with Gasteiger partial charge in [0.2, 0.25) is 5.75 Å². The zero-order valence-corrected chi connectivity index (χ0v) is 18.5. The van der Waals surface area contributed by atoms with Gasteiger partial charge in [-0.2, -0.15) is 10.4 Å². The SMILES string of the molecule is COc1cc(/C=N/NC(=O)COc2ccc(-c3ccc(C#N)cc3)cc2)cc(OC)c1OC. The van der Waals surface area contributed by atoms with Gasteiger partial charge < -0.3 is 18.9 Å². The van der Waals surface area contributed by atoms with E-state index >= 15 is 0 Å². The van der Waals surface area contributed by atoms with Crippen molar-refractivity contribution in [2.45, 2.75) is 0 Å². The Morgan fingerprint density at radius 2 is 1.52 bits per heavy atom. The number of nitrogens with zero attached hydrogens (tertiary/aromatic N) is 2. The highest BCUT2D eigenvalue weighted by atomic mass is 16.5. The van der Waals surface area contributed by atoms with E-state index in [2.05, 4.69) is 16.6 Å². The lowest BCUT2D eigenvalue weighted by Gasteiger charge is -2.12. The summed E-state index contributed by atoms with van der Waals surface area (Å²) in [6.45, 7) is -0.192. The molecular weight excluding hydrogens is 422 g/mol. The van der Waals surface area contributed by atoms with Crippen molar-refractivity contribution in [3.63, 3.8) is 0 Å². The highest BCUT2D eigenvalue weighted by Crippen LogP contribution is 2.37. The van der Waals surface area contributed by atoms with Crippen LogP contribution in [0.2, 0.25) is 0 Å². The van der Waals surface area contributed by atoms with Crippen molar-refractivity contribution in [3.8, 4) is 40.2 Å². The van der Waals surface area contributed by atoms with Crippen molar-refractivity contribution in [3.05, 3.63) is 71.8 Å². The number of nitrogens with one attached hydrogen (secondary N) is 1. The first kappa shape index (κ1) is 23.2. The van der Waals surface area contributed by atoms with Crippen LogP contribution in [0, 0.1) is 11.3 Å². The Kier molecular flexibility index (Phi) is 7.86. The second-order valence-electron chi connectivity index (χ2n) is 6.75. The average Bonchev–Trinajstić information content (AvgIpc) is 2.87. The highest BCUT2D eigenvalue weighted by Gasteiger charge is 2.12. The van der Waals surface area contributed by atoms with Crippen LogP contribution in [-0.2, 0) is 4.79 Å². The summed E-state index contributed by atoms with van der Waals surface area (Å²) in [5.41, 5.74) is 5.65. The molecular formula is C25H23N3O5. The van der Waals surface area contributed by atoms with E-state index in [-0.39, 0.29) is 6.61 Å². The van der Waals surface area contributed by atoms with E-state index in [9.17, 15) is 4.79 Å². The number of methoxy groups -OCH3 is 3. The van der Waals surface area contributed by atoms with Crippen molar-refractivity contribution < 1.29 is 23.7 Å². The van der Waals surface area contributed by atoms with Crippen LogP contribution < -0.4 is 24.4 Å². The lowest BCUT2D eigenvalue weighted by molar-refractivity contribution is -0.123. The molecule has 0 bridgehead atoms. The average molecular weight is 445 g/mol. The monoisotopic (exact) mass is 445 g/mol. The first-order valence-electron chi connectivity index (χ1n) is 9.93. The number of hydrogen-bond donors (Lipinski definition) is 1. The number of hydrazone groups is 1. The Bertz CT molecular complexity index is 1140. The van der Waals surface area contributed by atoms with E-state index in [1.165, 1.54) is 27.5 Å². The quantitative estimate of drug-likeness (QED) is 0.397. The Balaban J connectivity index is 1.54. The van der Waals surface area contributed by atoms with Crippen LogP contribution in [0.1, 0.15) is 11.1 Å². The van der Waals surface area contributed by atoms with Crippen LogP contribution in [0.5, 0.6) is 23.0 Å². The number of ether oxygens (including phenoxy) is 4. The molecule has 0 heterocycles. The van der Waals surface area contributed by atoms with Gasteiger partial charge in [-0.1, -0.05) is 24.3 Å². The normalized spacial score (nSPS) is 10.4. The fourth-order valence-electron chi connectivity index (χ4n) is 3.02. The molecule has 33 heavy (non-hydrogen) atoms. The standard InChI is InChI=1S/C25H23N3O5/c1-30-22-12-18(13-23(31-2)25(22)32-3)15-27-28-24(29)16-33-21-10-8-20(9-11-21)19-6-4-17(14-26)5-7-19/h4-13,15H,16H2,1-3H3,(H,28,29)/b27-15+. The molecule has 0 aliphatic heterocycles. The fourth-order valence-corrected chi connectivity index (χ4v) is 3.02. The van der Waals surface area contributed by atoms with E-state index in [1.54, 1.807) is 36.4 Å². The molecule has 0 saturated carbocycles. The predicted octanol–water partition coefficient (Wildman–Crippen LogP) is 3.78. The topological polar surface area (TPSA) is 102 Å². The van der Waals surface area contributed by atoms with Gasteiger partial charge in [-0.25, -0.2) is 5.43 Å². The highest BCUT2D eigenvalue weighted by molar-refractivity contribution is 5.84. The maximum Gasteiger partial charge on any atom is 0.277 e. The molecule has 0 aliphatic carbocycles. The van der Waals surface area contributed by atoms with E-state index < -0.39 is 5.91 Å². The lowest BCUT2D eigenvalue weighted by atomic mass is 10.0. The summed E-state index contributed by atoms with van der Waals surface area (Å²) in [6, 6.07) is 20.1. The molecule has 168 valence electrons. The number of hydrogen-bond acceptors (Lipinski definition) is 7. The first-order valence-corrected chi connectivity index (χ1v) is 9.93. The van der Waals surface area contributed by atoms with E-state index in [4.69, 9.17) is 24.2 Å². The number of carbonyl (C=O) groups excluding carboxylic acids is 1. The Hall–Kier alpha value is -4.51. The Labute approximate surface area is 192 Å². The van der Waals surface area contributed by atoms with Crippen LogP contribution in [0.25, 0.3) is 11.1 Å². The third-order valence-electron chi connectivity index (χ3n) is 4.66. The second kappa shape index (κ2) is 11.2. The van der Waals surface area contributed by atoms with Gasteiger partial charge in [0.05, 0.1) is 39.2 Å². The van der Waals surface area contributed by atoms with Gasteiger partial charge in [-0.3, -0.25) is 4.79 Å². The molecule has 0 radical (unpaired) electrons. The van der Waals surface area contributed by atoms with Gasteiger partial charge in [0, 0.05) is 5.56 Å². The molecule has 8 heteroatoms. The van der Waals surface area contributed by atoms with Crippen LogP contribution in [0.3, 0.4) is 0 Å². The molecule has 0 aromatic heterocycles. The molecule has 0 unspecified atom stereocenters. The molecule has 3 rings (SSSR count). The fraction of sp³-hybridized carbons (Fsp3) is 0.160. The van der Waals surface area contributed by atoms with Crippen molar-refractivity contribution in [2.75, 3.05) is 27.9 Å². The minimum atomic E-state index is -0.408. The lowest BCUT2D eigenvalue weighted by Crippen LogP contribution is -2.24. The van der Waals surface area contributed by atoms with Gasteiger partial charge in [0.25, 0.3) is 5.91 Å². The molecule has 0 saturated heterocycles. The molecule has 0 fully saturated rings. The number of benzene rings is 3. The smallest absolute Gasteiger partial charge is 0.277 e.